The zero-order valence-electron chi connectivity index (χ0n) is 17.0. The summed E-state index contributed by atoms with van der Waals surface area (Å²) in [6, 6.07) is 0. The number of carbonyl (C=O) groups excluding carboxylic acids is 2. The van der Waals surface area contributed by atoms with Crippen LogP contribution in [0.2, 0.25) is 0 Å². The summed E-state index contributed by atoms with van der Waals surface area (Å²) in [5, 5.41) is 0. The first-order valence-electron chi connectivity index (χ1n) is 10.7. The van der Waals surface area contributed by atoms with E-state index in [0.29, 0.717) is 6.61 Å². The third-order valence-electron chi connectivity index (χ3n) is 4.41. The highest BCUT2D eigenvalue weighted by Gasteiger charge is 2.10. The van der Waals surface area contributed by atoms with Gasteiger partial charge in [-0.25, -0.2) is 0 Å². The molecule has 0 saturated carbocycles. The summed E-state index contributed by atoms with van der Waals surface area (Å²) in [4.78, 5) is 22.1. The molecule has 6 heteroatoms. The number of ether oxygens (including phenoxy) is 2. The number of esters is 2. The molecule has 4 nitrogen and oxygen atoms in total. The van der Waals surface area contributed by atoms with Gasteiger partial charge in [0.1, 0.15) is 11.4 Å². The third-order valence-corrected chi connectivity index (χ3v) is 4.67. The van der Waals surface area contributed by atoms with Gasteiger partial charge in [0.25, 0.3) is 0 Å². The van der Waals surface area contributed by atoms with Crippen molar-refractivity contribution in [3.05, 3.63) is 0 Å². The van der Waals surface area contributed by atoms with Crippen LogP contribution in [0.15, 0.2) is 0 Å². The van der Waals surface area contributed by atoms with Crippen LogP contribution < -0.4 is 0 Å². The normalized spacial score (nSPS) is 11.0. The Morgan fingerprint density at radius 3 is 1.52 bits per heavy atom. The average molecular weight is 425 g/mol. The van der Waals surface area contributed by atoms with Crippen LogP contribution in [-0.4, -0.2) is 30.0 Å². The molecule has 0 atom stereocenters. The van der Waals surface area contributed by atoms with Crippen LogP contribution in [0.3, 0.4) is 0 Å². The number of hydrogen-bond acceptors (Lipinski definition) is 4. The zero-order chi connectivity index (χ0) is 20.2. The van der Waals surface area contributed by atoms with Crippen LogP contribution in [0.25, 0.3) is 0 Å². The molecule has 0 spiro atoms. The van der Waals surface area contributed by atoms with Crippen molar-refractivity contribution in [2.24, 2.45) is 0 Å². The number of rotatable bonds is 19. The molecule has 0 aliphatic carbocycles. The lowest BCUT2D eigenvalue weighted by Crippen LogP contribution is -2.13. The van der Waals surface area contributed by atoms with Gasteiger partial charge in [0.15, 0.2) is 0 Å². The summed E-state index contributed by atoms with van der Waals surface area (Å²) in [6.45, 7) is 2.62. The topological polar surface area (TPSA) is 52.6 Å². The Morgan fingerprint density at radius 2 is 1.07 bits per heavy atom. The fourth-order valence-electron chi connectivity index (χ4n) is 2.81. The van der Waals surface area contributed by atoms with E-state index in [1.165, 1.54) is 70.6 Å². The lowest BCUT2D eigenvalue weighted by atomic mass is 10.0. The summed E-state index contributed by atoms with van der Waals surface area (Å²) >= 11 is 10.9. The molecule has 0 rings (SSSR count). The average Bonchev–Trinajstić information content (AvgIpc) is 2.64. The molecule has 0 aromatic rings. The smallest absolute Gasteiger partial charge is 0.306 e. The SMILES string of the molecule is CCCCCCCCCCCCCCCOC(=O)CCC(=O)OCC(Cl)Cl. The molecule has 0 unspecified atom stereocenters. The predicted molar refractivity (Wildman–Crippen MR) is 112 cm³/mol. The summed E-state index contributed by atoms with van der Waals surface area (Å²) in [5.74, 6) is -0.849. The predicted octanol–water partition coefficient (Wildman–Crippen LogP) is 6.75. The highest BCUT2D eigenvalue weighted by Crippen LogP contribution is 2.12. The number of hydrogen-bond donors (Lipinski definition) is 0. The zero-order valence-corrected chi connectivity index (χ0v) is 18.5. The van der Waals surface area contributed by atoms with Crippen molar-refractivity contribution in [2.45, 2.75) is 108 Å². The van der Waals surface area contributed by atoms with Gasteiger partial charge < -0.3 is 9.47 Å². The Hall–Kier alpha value is -0.480. The van der Waals surface area contributed by atoms with Crippen molar-refractivity contribution in [1.29, 1.82) is 0 Å². The van der Waals surface area contributed by atoms with Crippen molar-refractivity contribution in [3.63, 3.8) is 0 Å². The van der Waals surface area contributed by atoms with Crippen LogP contribution in [0, 0.1) is 0 Å². The van der Waals surface area contributed by atoms with E-state index in [1.807, 2.05) is 0 Å². The summed E-state index contributed by atoms with van der Waals surface area (Å²) < 4.78 is 9.89. The van der Waals surface area contributed by atoms with Crippen LogP contribution in [-0.2, 0) is 19.1 Å². The third kappa shape index (κ3) is 21.7. The van der Waals surface area contributed by atoms with Crippen molar-refractivity contribution >= 4 is 35.1 Å². The number of unbranched alkanes of at least 4 members (excludes halogenated alkanes) is 12. The molecule has 0 aromatic heterocycles. The first kappa shape index (κ1) is 26.5. The molecule has 0 fully saturated rings. The molecule has 0 heterocycles. The first-order chi connectivity index (χ1) is 13.1. The van der Waals surface area contributed by atoms with E-state index in [-0.39, 0.29) is 25.4 Å². The molecular formula is C21H38Cl2O4. The van der Waals surface area contributed by atoms with Gasteiger partial charge in [-0.2, -0.15) is 0 Å². The second kappa shape index (κ2) is 20.3. The summed E-state index contributed by atoms with van der Waals surface area (Å²) in [6.07, 6.45) is 16.7. The number of alkyl halides is 2. The van der Waals surface area contributed by atoms with E-state index >= 15 is 0 Å². The maximum Gasteiger partial charge on any atom is 0.306 e. The van der Waals surface area contributed by atoms with Gasteiger partial charge in [0.05, 0.1) is 19.4 Å². The number of carbonyl (C=O) groups is 2. The van der Waals surface area contributed by atoms with Gasteiger partial charge in [-0.05, 0) is 6.42 Å². The van der Waals surface area contributed by atoms with Gasteiger partial charge in [-0.15, -0.1) is 23.2 Å². The van der Waals surface area contributed by atoms with E-state index in [4.69, 9.17) is 32.7 Å². The van der Waals surface area contributed by atoms with Gasteiger partial charge in [-0.1, -0.05) is 84.0 Å². The minimum absolute atomic E-state index is 0.00205. The Labute approximate surface area is 175 Å². The molecule has 0 radical (unpaired) electrons. The quantitative estimate of drug-likeness (QED) is 0.131. The van der Waals surface area contributed by atoms with E-state index in [9.17, 15) is 9.59 Å². The van der Waals surface area contributed by atoms with Crippen molar-refractivity contribution in [3.8, 4) is 0 Å². The number of halogens is 2. The minimum atomic E-state index is -0.739. The van der Waals surface area contributed by atoms with Gasteiger partial charge >= 0.3 is 11.9 Å². The Kier molecular flexibility index (Phi) is 19.9. The molecule has 0 saturated heterocycles. The molecule has 0 aliphatic heterocycles. The van der Waals surface area contributed by atoms with Gasteiger partial charge in [0, 0.05) is 0 Å². The standard InChI is InChI=1S/C21H38Cl2O4/c1-2-3-4-5-6-7-8-9-10-11-12-13-14-17-26-20(24)15-16-21(25)27-18-19(22)23/h19H,2-18H2,1H3. The van der Waals surface area contributed by atoms with Crippen LogP contribution in [0.1, 0.15) is 103 Å². The van der Waals surface area contributed by atoms with E-state index in [2.05, 4.69) is 6.92 Å². The molecule has 27 heavy (non-hydrogen) atoms. The molecule has 0 amide bonds. The first-order valence-corrected chi connectivity index (χ1v) is 11.5. The Morgan fingerprint density at radius 1 is 0.667 bits per heavy atom. The molecule has 0 N–H and O–H groups in total. The lowest BCUT2D eigenvalue weighted by Gasteiger charge is -2.06. The molecule has 0 aliphatic rings. The van der Waals surface area contributed by atoms with Gasteiger partial charge in [0.2, 0.25) is 0 Å². The highest BCUT2D eigenvalue weighted by molar-refractivity contribution is 6.44. The second-order valence-corrected chi connectivity index (χ2v) is 8.31. The molecule has 0 aromatic carbocycles. The van der Waals surface area contributed by atoms with Crippen LogP contribution in [0.5, 0.6) is 0 Å². The van der Waals surface area contributed by atoms with Gasteiger partial charge in [-0.3, -0.25) is 9.59 Å². The lowest BCUT2D eigenvalue weighted by molar-refractivity contribution is -0.150. The van der Waals surface area contributed by atoms with Crippen molar-refractivity contribution in [2.75, 3.05) is 13.2 Å². The highest BCUT2D eigenvalue weighted by atomic mass is 35.5. The minimum Gasteiger partial charge on any atom is -0.466 e. The summed E-state index contributed by atoms with van der Waals surface area (Å²) in [5.41, 5.74) is 0. The van der Waals surface area contributed by atoms with E-state index < -0.39 is 10.8 Å². The molecular weight excluding hydrogens is 387 g/mol. The maximum atomic E-state index is 11.5. The van der Waals surface area contributed by atoms with Crippen molar-refractivity contribution in [1.82, 2.24) is 0 Å². The monoisotopic (exact) mass is 424 g/mol. The molecule has 160 valence electrons. The van der Waals surface area contributed by atoms with E-state index in [0.717, 1.165) is 12.8 Å². The Bertz CT molecular complexity index is 362. The van der Waals surface area contributed by atoms with Crippen LogP contribution >= 0.6 is 23.2 Å². The molecule has 0 bridgehead atoms. The largest absolute Gasteiger partial charge is 0.466 e. The maximum absolute atomic E-state index is 11.5. The Balaban J connectivity index is 3.25. The fourth-order valence-corrected chi connectivity index (χ4v) is 2.94. The second-order valence-electron chi connectivity index (χ2n) is 7.04. The summed E-state index contributed by atoms with van der Waals surface area (Å²) in [7, 11) is 0. The van der Waals surface area contributed by atoms with Crippen molar-refractivity contribution < 1.29 is 19.1 Å². The fraction of sp³-hybridized carbons (Fsp3) is 0.905. The van der Waals surface area contributed by atoms with E-state index in [1.54, 1.807) is 0 Å². The van der Waals surface area contributed by atoms with Crippen LogP contribution in [0.4, 0.5) is 0 Å².